The minimum absolute atomic E-state index is 0.781. The molecule has 1 N–H and O–H groups in total. The summed E-state index contributed by atoms with van der Waals surface area (Å²) in [5, 5.41) is 3.13. The third kappa shape index (κ3) is 3.09. The van der Waals surface area contributed by atoms with Gasteiger partial charge in [0.2, 0.25) is 0 Å². The van der Waals surface area contributed by atoms with E-state index in [2.05, 4.69) is 40.3 Å². The molecule has 2 rings (SSSR count). The Morgan fingerprint density at radius 1 is 1.53 bits per heavy atom. The molecule has 1 aromatic rings. The Morgan fingerprint density at radius 2 is 2.35 bits per heavy atom. The van der Waals surface area contributed by atoms with Crippen LogP contribution in [0.4, 0.5) is 11.4 Å². The van der Waals surface area contributed by atoms with E-state index in [9.17, 15) is 0 Å². The monoisotopic (exact) mass is 234 g/mol. The van der Waals surface area contributed by atoms with Crippen molar-refractivity contribution in [2.75, 3.05) is 51.0 Å². The number of likely N-dealkylation sites (tertiary alicyclic amines) is 1. The van der Waals surface area contributed by atoms with Crippen LogP contribution in [0.2, 0.25) is 0 Å². The molecule has 1 aromatic heterocycles. The molecule has 0 spiro atoms. The normalized spacial score (nSPS) is 20.5. The molecule has 1 aliphatic heterocycles. The van der Waals surface area contributed by atoms with E-state index in [0.29, 0.717) is 0 Å². The SMILES string of the molecule is CNc1cncc(N(C)CC2CCN(C)C2)c1. The fraction of sp³-hybridized carbons (Fsp3) is 0.615. The smallest absolute Gasteiger partial charge is 0.0570 e. The van der Waals surface area contributed by atoms with Crippen molar-refractivity contribution in [3.8, 4) is 0 Å². The first-order chi connectivity index (χ1) is 8.19. The van der Waals surface area contributed by atoms with Crippen molar-refractivity contribution in [2.24, 2.45) is 5.92 Å². The van der Waals surface area contributed by atoms with Crippen molar-refractivity contribution in [2.45, 2.75) is 6.42 Å². The number of nitrogens with zero attached hydrogens (tertiary/aromatic N) is 3. The zero-order valence-electron chi connectivity index (χ0n) is 11.0. The van der Waals surface area contributed by atoms with Gasteiger partial charge in [0.15, 0.2) is 0 Å². The van der Waals surface area contributed by atoms with Gasteiger partial charge in [0.05, 0.1) is 23.8 Å². The molecule has 4 nitrogen and oxygen atoms in total. The van der Waals surface area contributed by atoms with Crippen LogP contribution >= 0.6 is 0 Å². The minimum atomic E-state index is 0.781. The van der Waals surface area contributed by atoms with Crippen LogP contribution < -0.4 is 10.2 Å². The van der Waals surface area contributed by atoms with Gasteiger partial charge in [-0.25, -0.2) is 0 Å². The average molecular weight is 234 g/mol. The van der Waals surface area contributed by atoms with Crippen LogP contribution in [0.25, 0.3) is 0 Å². The number of hydrogen-bond acceptors (Lipinski definition) is 4. The molecule has 1 unspecified atom stereocenters. The number of anilines is 2. The van der Waals surface area contributed by atoms with E-state index in [-0.39, 0.29) is 0 Å². The lowest BCUT2D eigenvalue weighted by molar-refractivity contribution is 0.396. The summed E-state index contributed by atoms with van der Waals surface area (Å²) in [5.74, 6) is 0.781. The van der Waals surface area contributed by atoms with Gasteiger partial charge in [-0.1, -0.05) is 0 Å². The second-order valence-electron chi connectivity index (χ2n) is 4.98. The summed E-state index contributed by atoms with van der Waals surface area (Å²) >= 11 is 0. The second kappa shape index (κ2) is 5.36. The van der Waals surface area contributed by atoms with Crippen LogP contribution in [0.3, 0.4) is 0 Å². The number of rotatable bonds is 4. The molecule has 0 aliphatic carbocycles. The summed E-state index contributed by atoms with van der Waals surface area (Å²) in [7, 11) is 6.27. The molecule has 1 aliphatic rings. The van der Waals surface area contributed by atoms with Crippen molar-refractivity contribution in [1.82, 2.24) is 9.88 Å². The van der Waals surface area contributed by atoms with E-state index >= 15 is 0 Å². The molecular formula is C13H22N4. The van der Waals surface area contributed by atoms with E-state index in [1.54, 1.807) is 0 Å². The molecule has 94 valence electrons. The molecule has 4 heteroatoms. The average Bonchev–Trinajstić information content (AvgIpc) is 2.75. The molecule has 1 atom stereocenters. The largest absolute Gasteiger partial charge is 0.387 e. The van der Waals surface area contributed by atoms with Gasteiger partial charge in [-0.05, 0) is 32.0 Å². The summed E-state index contributed by atoms with van der Waals surface area (Å²) in [6.45, 7) is 3.55. The van der Waals surface area contributed by atoms with Crippen LogP contribution in [0.1, 0.15) is 6.42 Å². The van der Waals surface area contributed by atoms with Gasteiger partial charge < -0.3 is 15.1 Å². The van der Waals surface area contributed by atoms with Crippen LogP contribution in [-0.4, -0.2) is 50.7 Å². The first kappa shape index (κ1) is 12.2. The third-order valence-electron chi connectivity index (χ3n) is 3.47. The van der Waals surface area contributed by atoms with Crippen LogP contribution in [-0.2, 0) is 0 Å². The summed E-state index contributed by atoms with van der Waals surface area (Å²) in [4.78, 5) is 8.96. The maximum absolute atomic E-state index is 4.25. The molecule has 1 saturated heterocycles. The van der Waals surface area contributed by atoms with E-state index in [1.165, 1.54) is 25.2 Å². The summed E-state index contributed by atoms with van der Waals surface area (Å²) in [5.41, 5.74) is 2.25. The first-order valence-corrected chi connectivity index (χ1v) is 6.21. The Bertz CT molecular complexity index is 366. The second-order valence-corrected chi connectivity index (χ2v) is 4.98. The molecule has 2 heterocycles. The van der Waals surface area contributed by atoms with Crippen molar-refractivity contribution in [3.05, 3.63) is 18.5 Å². The maximum Gasteiger partial charge on any atom is 0.0570 e. The van der Waals surface area contributed by atoms with Crippen LogP contribution in [0, 0.1) is 5.92 Å². The Kier molecular flexibility index (Phi) is 3.84. The van der Waals surface area contributed by atoms with Gasteiger partial charge in [0, 0.05) is 27.2 Å². The lowest BCUT2D eigenvalue weighted by Gasteiger charge is -2.23. The molecule has 1 fully saturated rings. The van der Waals surface area contributed by atoms with E-state index in [4.69, 9.17) is 0 Å². The van der Waals surface area contributed by atoms with E-state index in [0.717, 1.165) is 18.2 Å². The Hall–Kier alpha value is -1.29. The Balaban J connectivity index is 1.96. The Labute approximate surface area is 104 Å². The van der Waals surface area contributed by atoms with Crippen molar-refractivity contribution in [1.29, 1.82) is 0 Å². The van der Waals surface area contributed by atoms with E-state index in [1.807, 2.05) is 19.4 Å². The summed E-state index contributed by atoms with van der Waals surface area (Å²) in [6, 6.07) is 2.14. The first-order valence-electron chi connectivity index (χ1n) is 6.21. The van der Waals surface area contributed by atoms with Gasteiger partial charge in [-0.2, -0.15) is 0 Å². The fourth-order valence-electron chi connectivity index (χ4n) is 2.44. The lowest BCUT2D eigenvalue weighted by Crippen LogP contribution is -2.27. The number of hydrogen-bond donors (Lipinski definition) is 1. The molecule has 17 heavy (non-hydrogen) atoms. The van der Waals surface area contributed by atoms with Gasteiger partial charge in [0.1, 0.15) is 0 Å². The van der Waals surface area contributed by atoms with Gasteiger partial charge in [0.25, 0.3) is 0 Å². The molecule has 0 radical (unpaired) electrons. The third-order valence-corrected chi connectivity index (χ3v) is 3.47. The predicted molar refractivity (Wildman–Crippen MR) is 72.7 cm³/mol. The molecule has 0 amide bonds. The standard InChI is InChI=1S/C13H22N4/c1-14-12-6-13(8-15-7-12)17(3)10-11-4-5-16(2)9-11/h6-8,11,14H,4-5,9-10H2,1-3H3. The molecule has 0 saturated carbocycles. The predicted octanol–water partition coefficient (Wildman–Crippen LogP) is 1.51. The van der Waals surface area contributed by atoms with Crippen molar-refractivity contribution < 1.29 is 0 Å². The fourth-order valence-corrected chi connectivity index (χ4v) is 2.44. The zero-order valence-corrected chi connectivity index (χ0v) is 11.0. The van der Waals surface area contributed by atoms with Gasteiger partial charge in [-0.3, -0.25) is 4.98 Å². The molecule has 0 aromatic carbocycles. The maximum atomic E-state index is 4.25. The number of aromatic nitrogens is 1. The van der Waals surface area contributed by atoms with Crippen LogP contribution in [0.5, 0.6) is 0 Å². The number of nitrogens with one attached hydrogen (secondary N) is 1. The highest BCUT2D eigenvalue weighted by Crippen LogP contribution is 2.20. The van der Waals surface area contributed by atoms with Gasteiger partial charge in [-0.15, -0.1) is 0 Å². The van der Waals surface area contributed by atoms with Crippen molar-refractivity contribution in [3.63, 3.8) is 0 Å². The van der Waals surface area contributed by atoms with Crippen molar-refractivity contribution >= 4 is 11.4 Å². The highest BCUT2D eigenvalue weighted by molar-refractivity contribution is 5.54. The Morgan fingerprint density at radius 3 is 3.00 bits per heavy atom. The summed E-state index contributed by atoms with van der Waals surface area (Å²) in [6.07, 6.45) is 5.08. The number of pyridine rings is 1. The molecular weight excluding hydrogens is 212 g/mol. The van der Waals surface area contributed by atoms with E-state index < -0.39 is 0 Å². The highest BCUT2D eigenvalue weighted by Gasteiger charge is 2.20. The topological polar surface area (TPSA) is 31.4 Å². The quantitative estimate of drug-likeness (QED) is 0.855. The summed E-state index contributed by atoms with van der Waals surface area (Å²) < 4.78 is 0. The van der Waals surface area contributed by atoms with Gasteiger partial charge >= 0.3 is 0 Å². The molecule has 0 bridgehead atoms. The zero-order chi connectivity index (χ0) is 12.3. The minimum Gasteiger partial charge on any atom is -0.387 e. The van der Waals surface area contributed by atoms with Crippen LogP contribution in [0.15, 0.2) is 18.5 Å². The lowest BCUT2D eigenvalue weighted by atomic mass is 10.1. The highest BCUT2D eigenvalue weighted by atomic mass is 15.2.